The number of anilines is 1. The zero-order valence-corrected chi connectivity index (χ0v) is 20.1. The normalized spacial score (nSPS) is 19.6. The summed E-state index contributed by atoms with van der Waals surface area (Å²) in [5.41, 5.74) is 2.57. The molecule has 0 N–H and O–H groups in total. The quantitative estimate of drug-likeness (QED) is 0.461. The van der Waals surface area contributed by atoms with Crippen LogP contribution in [0.3, 0.4) is 0 Å². The van der Waals surface area contributed by atoms with Gasteiger partial charge in [0.15, 0.2) is 0 Å². The molecule has 1 saturated heterocycles. The molecule has 34 heavy (non-hydrogen) atoms. The van der Waals surface area contributed by atoms with Crippen LogP contribution >= 0.6 is 0 Å². The number of fused-ring (bicyclic) bond motifs is 1. The summed E-state index contributed by atoms with van der Waals surface area (Å²) < 4.78 is 33.6. The summed E-state index contributed by atoms with van der Waals surface area (Å²) in [4.78, 5) is 17.4. The predicted molar refractivity (Wildman–Crippen MR) is 131 cm³/mol. The highest BCUT2D eigenvalue weighted by molar-refractivity contribution is 5.96. The van der Waals surface area contributed by atoms with Crippen molar-refractivity contribution in [2.24, 2.45) is 5.92 Å². The topological polar surface area (TPSA) is 32.8 Å². The van der Waals surface area contributed by atoms with E-state index in [0.29, 0.717) is 24.7 Å². The first kappa shape index (κ1) is 24.8. The fourth-order valence-electron chi connectivity index (χ4n) is 5.16. The van der Waals surface area contributed by atoms with Gasteiger partial charge in [-0.05, 0) is 86.5 Å². The van der Waals surface area contributed by atoms with Crippen LogP contribution in [0.25, 0.3) is 0 Å². The number of amides is 1. The fraction of sp³-hybridized carbons (Fsp3) is 0.536. The largest absolute Gasteiger partial charge is 0.381 e. The van der Waals surface area contributed by atoms with E-state index in [0.717, 1.165) is 76.0 Å². The van der Waals surface area contributed by atoms with Gasteiger partial charge < -0.3 is 9.64 Å². The number of ether oxygens (including phenoxy) is 1. The van der Waals surface area contributed by atoms with Crippen molar-refractivity contribution < 1.29 is 18.3 Å². The van der Waals surface area contributed by atoms with Gasteiger partial charge in [0.05, 0.1) is 12.2 Å². The number of rotatable bonds is 8. The molecular weight excluding hydrogens is 434 g/mol. The second-order valence-corrected chi connectivity index (χ2v) is 9.64. The van der Waals surface area contributed by atoms with Crippen LogP contribution in [-0.4, -0.2) is 50.2 Å². The van der Waals surface area contributed by atoms with E-state index < -0.39 is 0 Å². The van der Waals surface area contributed by atoms with E-state index in [-0.39, 0.29) is 23.5 Å². The van der Waals surface area contributed by atoms with Gasteiger partial charge in [-0.2, -0.15) is 0 Å². The van der Waals surface area contributed by atoms with Crippen molar-refractivity contribution in [3.8, 4) is 0 Å². The van der Waals surface area contributed by atoms with Crippen LogP contribution in [-0.2, 0) is 9.53 Å². The second kappa shape index (κ2) is 11.9. The highest BCUT2D eigenvalue weighted by Crippen LogP contribution is 2.39. The first-order valence-corrected chi connectivity index (χ1v) is 12.7. The van der Waals surface area contributed by atoms with Crippen LogP contribution in [0, 0.1) is 17.6 Å². The maximum Gasteiger partial charge on any atom is 0.241 e. The maximum absolute atomic E-state index is 14.3. The molecule has 0 spiro atoms. The lowest BCUT2D eigenvalue weighted by Crippen LogP contribution is -2.44. The minimum Gasteiger partial charge on any atom is -0.381 e. The minimum absolute atomic E-state index is 0.0115. The van der Waals surface area contributed by atoms with Crippen molar-refractivity contribution in [2.75, 3.05) is 44.3 Å². The van der Waals surface area contributed by atoms with Crippen LogP contribution in [0.4, 0.5) is 14.5 Å². The third kappa shape index (κ3) is 6.22. The van der Waals surface area contributed by atoms with E-state index in [4.69, 9.17) is 4.74 Å². The van der Waals surface area contributed by atoms with Crippen LogP contribution in [0.15, 0.2) is 42.5 Å². The van der Waals surface area contributed by atoms with Crippen molar-refractivity contribution in [3.63, 3.8) is 0 Å². The molecule has 2 aliphatic heterocycles. The SMILES string of the molecule is CCCCOCC1CCN(CC(=O)N2CCCC(c3ccc(F)cc3)c3ccc(F)cc32)CC1. The summed E-state index contributed by atoms with van der Waals surface area (Å²) >= 11 is 0. The Hall–Kier alpha value is -2.31. The Kier molecular flexibility index (Phi) is 8.68. The van der Waals surface area contributed by atoms with Gasteiger partial charge in [0, 0.05) is 25.7 Å². The molecule has 1 atom stereocenters. The van der Waals surface area contributed by atoms with E-state index in [2.05, 4.69) is 11.8 Å². The number of unbranched alkanes of at least 4 members (excludes halogenated alkanes) is 1. The second-order valence-electron chi connectivity index (χ2n) is 9.64. The molecule has 184 valence electrons. The Balaban J connectivity index is 1.42. The Morgan fingerprint density at radius 1 is 1.00 bits per heavy atom. The Morgan fingerprint density at radius 3 is 2.47 bits per heavy atom. The van der Waals surface area contributed by atoms with Crippen molar-refractivity contribution in [1.29, 1.82) is 0 Å². The molecule has 2 aliphatic rings. The summed E-state index contributed by atoms with van der Waals surface area (Å²) in [5, 5.41) is 0. The summed E-state index contributed by atoms with van der Waals surface area (Å²) in [6, 6.07) is 11.2. The lowest BCUT2D eigenvalue weighted by Gasteiger charge is -2.33. The van der Waals surface area contributed by atoms with E-state index in [1.54, 1.807) is 23.1 Å². The molecule has 0 saturated carbocycles. The average Bonchev–Trinajstić information content (AvgIpc) is 3.03. The summed E-state index contributed by atoms with van der Waals surface area (Å²) in [6.07, 6.45) is 5.97. The molecule has 4 rings (SSSR count). The van der Waals surface area contributed by atoms with Gasteiger partial charge in [-0.15, -0.1) is 0 Å². The first-order valence-electron chi connectivity index (χ1n) is 12.7. The van der Waals surface area contributed by atoms with Gasteiger partial charge in [-0.25, -0.2) is 8.78 Å². The molecule has 0 bridgehead atoms. The lowest BCUT2D eigenvalue weighted by molar-refractivity contribution is -0.120. The molecule has 2 aromatic rings. The van der Waals surface area contributed by atoms with Crippen molar-refractivity contribution in [2.45, 2.75) is 51.4 Å². The highest BCUT2D eigenvalue weighted by atomic mass is 19.1. The molecule has 4 nitrogen and oxygen atoms in total. The molecular formula is C28H36F2N2O2. The predicted octanol–water partition coefficient (Wildman–Crippen LogP) is 5.75. The Morgan fingerprint density at radius 2 is 1.74 bits per heavy atom. The number of hydrogen-bond acceptors (Lipinski definition) is 3. The molecule has 1 fully saturated rings. The van der Waals surface area contributed by atoms with Gasteiger partial charge in [0.25, 0.3) is 0 Å². The lowest BCUT2D eigenvalue weighted by atomic mass is 9.87. The Labute approximate surface area is 201 Å². The standard InChI is InChI=1S/C28H36F2N2O2/c1-2-3-17-34-20-21-12-15-31(16-13-21)19-28(33)32-14-4-5-25(22-6-8-23(29)9-7-22)26-11-10-24(30)18-27(26)32/h6-11,18,21,25H,2-5,12-17,19-20H2,1H3. The molecule has 6 heteroatoms. The van der Waals surface area contributed by atoms with Crippen molar-refractivity contribution in [1.82, 2.24) is 4.90 Å². The summed E-state index contributed by atoms with van der Waals surface area (Å²) in [5.74, 6) is -0.0284. The number of carbonyl (C=O) groups is 1. The number of benzene rings is 2. The maximum atomic E-state index is 14.3. The molecule has 2 heterocycles. The molecule has 1 amide bonds. The number of piperidine rings is 1. The summed E-state index contributed by atoms with van der Waals surface area (Å²) in [6.45, 7) is 6.49. The summed E-state index contributed by atoms with van der Waals surface area (Å²) in [7, 11) is 0. The van der Waals surface area contributed by atoms with Crippen LogP contribution in [0.1, 0.15) is 62.5 Å². The van der Waals surface area contributed by atoms with Crippen LogP contribution < -0.4 is 4.90 Å². The first-order chi connectivity index (χ1) is 16.5. The molecule has 0 aliphatic carbocycles. The smallest absolute Gasteiger partial charge is 0.241 e. The van der Waals surface area contributed by atoms with Gasteiger partial charge >= 0.3 is 0 Å². The minimum atomic E-state index is -0.347. The zero-order chi connectivity index (χ0) is 23.9. The monoisotopic (exact) mass is 470 g/mol. The molecule has 1 unspecified atom stereocenters. The van der Waals surface area contributed by atoms with E-state index in [1.807, 2.05) is 0 Å². The highest BCUT2D eigenvalue weighted by Gasteiger charge is 2.29. The molecule has 2 aromatic carbocycles. The number of carbonyl (C=O) groups excluding carboxylic acids is 1. The number of nitrogens with zero attached hydrogens (tertiary/aromatic N) is 2. The molecule has 0 aromatic heterocycles. The van der Waals surface area contributed by atoms with Gasteiger partial charge in [0.1, 0.15) is 11.6 Å². The number of halogens is 2. The zero-order valence-electron chi connectivity index (χ0n) is 20.1. The van der Waals surface area contributed by atoms with E-state index >= 15 is 0 Å². The Bertz CT molecular complexity index is 942. The number of likely N-dealkylation sites (tertiary alicyclic amines) is 1. The number of hydrogen-bond donors (Lipinski definition) is 0. The average molecular weight is 471 g/mol. The van der Waals surface area contributed by atoms with E-state index in [1.165, 1.54) is 24.3 Å². The van der Waals surface area contributed by atoms with Gasteiger partial charge in [-0.1, -0.05) is 31.5 Å². The van der Waals surface area contributed by atoms with Gasteiger partial charge in [-0.3, -0.25) is 9.69 Å². The van der Waals surface area contributed by atoms with Gasteiger partial charge in [0.2, 0.25) is 5.91 Å². The van der Waals surface area contributed by atoms with Crippen molar-refractivity contribution >= 4 is 11.6 Å². The third-order valence-corrected chi connectivity index (χ3v) is 7.17. The molecule has 0 radical (unpaired) electrons. The fourth-order valence-corrected chi connectivity index (χ4v) is 5.16. The van der Waals surface area contributed by atoms with Crippen LogP contribution in [0.5, 0.6) is 0 Å². The van der Waals surface area contributed by atoms with Crippen molar-refractivity contribution in [3.05, 3.63) is 65.2 Å². The van der Waals surface area contributed by atoms with E-state index in [9.17, 15) is 13.6 Å². The third-order valence-electron chi connectivity index (χ3n) is 7.17. The van der Waals surface area contributed by atoms with Crippen LogP contribution in [0.2, 0.25) is 0 Å².